The second kappa shape index (κ2) is 11.8. The molecule has 3 heterocycles. The second-order valence-electron chi connectivity index (χ2n) is 10.5. The van der Waals surface area contributed by atoms with E-state index in [1.807, 2.05) is 37.5 Å². The Bertz CT molecular complexity index is 1450. The molecule has 0 bridgehead atoms. The third-order valence-corrected chi connectivity index (χ3v) is 7.68. The van der Waals surface area contributed by atoms with E-state index in [2.05, 4.69) is 75.6 Å². The van der Waals surface area contributed by atoms with Crippen molar-refractivity contribution in [2.45, 2.75) is 46.1 Å². The first kappa shape index (κ1) is 26.6. The van der Waals surface area contributed by atoms with Crippen molar-refractivity contribution in [1.29, 1.82) is 0 Å². The van der Waals surface area contributed by atoms with Crippen LogP contribution in [0.25, 0.3) is 10.9 Å². The second-order valence-corrected chi connectivity index (χ2v) is 10.5. The topological polar surface area (TPSA) is 86.3 Å². The average Bonchev–Trinajstić information content (AvgIpc) is 2.94. The fourth-order valence-corrected chi connectivity index (χ4v) is 5.57. The van der Waals surface area contributed by atoms with Gasteiger partial charge in [-0.1, -0.05) is 29.8 Å². The van der Waals surface area contributed by atoms with Crippen LogP contribution in [0.1, 0.15) is 35.2 Å². The molecular weight excluding hydrogens is 486 g/mol. The number of aromatic nitrogens is 3. The Morgan fingerprint density at radius 1 is 1.03 bits per heavy atom. The molecule has 0 unspecified atom stereocenters. The maximum Gasteiger partial charge on any atom is 0.227 e. The molecule has 1 aliphatic heterocycles. The first-order valence-electron chi connectivity index (χ1n) is 13.6. The van der Waals surface area contributed by atoms with Gasteiger partial charge in [-0.25, -0.2) is 9.97 Å². The molecule has 1 aliphatic rings. The Labute approximate surface area is 230 Å². The van der Waals surface area contributed by atoms with Crippen molar-refractivity contribution in [2.75, 3.05) is 42.2 Å². The first-order valence-corrected chi connectivity index (χ1v) is 13.6. The van der Waals surface area contributed by atoms with E-state index >= 15 is 0 Å². The van der Waals surface area contributed by atoms with E-state index in [0.717, 1.165) is 79.0 Å². The number of nitrogens with zero attached hydrogens (tertiary/aromatic N) is 5. The molecule has 0 saturated carbocycles. The number of carbonyl (C=O) groups is 1. The zero-order chi connectivity index (χ0) is 27.4. The van der Waals surface area contributed by atoms with Gasteiger partial charge in [0.1, 0.15) is 0 Å². The van der Waals surface area contributed by atoms with Crippen LogP contribution in [-0.2, 0) is 11.2 Å². The van der Waals surface area contributed by atoms with Crippen molar-refractivity contribution < 1.29 is 4.79 Å². The van der Waals surface area contributed by atoms with Gasteiger partial charge in [0.2, 0.25) is 12.4 Å². The highest BCUT2D eigenvalue weighted by molar-refractivity contribution is 5.95. The van der Waals surface area contributed by atoms with Crippen LogP contribution in [-0.4, -0.2) is 59.0 Å². The summed E-state index contributed by atoms with van der Waals surface area (Å²) >= 11 is 0. The number of anilines is 4. The van der Waals surface area contributed by atoms with Crippen molar-refractivity contribution in [3.8, 4) is 0 Å². The maximum atomic E-state index is 10.9. The van der Waals surface area contributed by atoms with Gasteiger partial charge in [0.15, 0.2) is 0 Å². The van der Waals surface area contributed by atoms with Gasteiger partial charge in [-0.05, 0) is 76.4 Å². The van der Waals surface area contributed by atoms with E-state index < -0.39 is 0 Å². The molecule has 0 atom stereocenters. The molecule has 4 aromatic rings. The standard InChI is InChI=1S/C31H37N7O/c1-21-15-22(2)30-27(16-21)29(17-23(3)35-30)36-31-32-18-26(19-33-31)38-13-10-25(11-14-38)37(4)12-9-24-7-5-6-8-28(24)34-20-39/h5-8,15-20,25H,9-14H2,1-4H3,(H,34,39)(H,32,33,35,36). The Kier molecular flexibility index (Phi) is 8.02. The van der Waals surface area contributed by atoms with Crippen LogP contribution in [0.2, 0.25) is 0 Å². The predicted octanol–water partition coefficient (Wildman–Crippen LogP) is 5.41. The minimum Gasteiger partial charge on any atom is -0.369 e. The fraction of sp³-hybridized carbons (Fsp3) is 0.355. The summed E-state index contributed by atoms with van der Waals surface area (Å²) in [5.74, 6) is 0.587. The van der Waals surface area contributed by atoms with Crippen molar-refractivity contribution in [3.63, 3.8) is 0 Å². The third-order valence-electron chi connectivity index (χ3n) is 7.68. The normalized spacial score (nSPS) is 14.1. The first-order chi connectivity index (χ1) is 18.9. The monoisotopic (exact) mass is 523 g/mol. The SMILES string of the molecule is Cc1cc(C)c2nc(C)cc(Nc3ncc(N4CCC(N(C)CCc5ccccc5NC=O)CC4)cn3)c2c1. The van der Waals surface area contributed by atoms with Crippen molar-refractivity contribution in [2.24, 2.45) is 0 Å². The minimum atomic E-state index is 0.532. The molecule has 8 nitrogen and oxygen atoms in total. The number of amides is 1. The lowest BCUT2D eigenvalue weighted by Crippen LogP contribution is -2.44. The molecule has 0 radical (unpaired) electrons. The highest BCUT2D eigenvalue weighted by atomic mass is 16.1. The summed E-state index contributed by atoms with van der Waals surface area (Å²) in [5, 5.41) is 7.32. The molecule has 0 spiro atoms. The van der Waals surface area contributed by atoms with Gasteiger partial charge in [-0.2, -0.15) is 0 Å². The summed E-state index contributed by atoms with van der Waals surface area (Å²) in [6.45, 7) is 9.12. The number of piperidine rings is 1. The summed E-state index contributed by atoms with van der Waals surface area (Å²) in [6.07, 6.45) is 7.67. The van der Waals surface area contributed by atoms with E-state index in [9.17, 15) is 4.79 Å². The molecule has 2 aromatic heterocycles. The lowest BCUT2D eigenvalue weighted by atomic mass is 10.0. The number of hydrogen-bond donors (Lipinski definition) is 2. The number of para-hydroxylation sites is 1. The number of benzene rings is 2. The van der Waals surface area contributed by atoms with E-state index in [-0.39, 0.29) is 0 Å². The maximum absolute atomic E-state index is 10.9. The molecule has 39 heavy (non-hydrogen) atoms. The van der Waals surface area contributed by atoms with Gasteiger partial charge in [-0.3, -0.25) is 9.78 Å². The van der Waals surface area contributed by atoms with Crippen molar-refractivity contribution in [1.82, 2.24) is 19.9 Å². The number of fused-ring (bicyclic) bond motifs is 1. The largest absolute Gasteiger partial charge is 0.369 e. The number of nitrogens with one attached hydrogen (secondary N) is 2. The van der Waals surface area contributed by atoms with Gasteiger partial charge in [0.05, 0.1) is 29.3 Å². The molecule has 202 valence electrons. The lowest BCUT2D eigenvalue weighted by molar-refractivity contribution is -0.105. The Hall–Kier alpha value is -4.04. The highest BCUT2D eigenvalue weighted by Crippen LogP contribution is 2.29. The van der Waals surface area contributed by atoms with Crippen molar-refractivity contribution >= 4 is 40.3 Å². The van der Waals surface area contributed by atoms with Gasteiger partial charge in [-0.15, -0.1) is 0 Å². The van der Waals surface area contributed by atoms with Crippen LogP contribution in [0.3, 0.4) is 0 Å². The zero-order valence-electron chi connectivity index (χ0n) is 23.2. The third kappa shape index (κ3) is 6.17. The summed E-state index contributed by atoms with van der Waals surface area (Å²) < 4.78 is 0. The lowest BCUT2D eigenvalue weighted by Gasteiger charge is -2.37. The minimum absolute atomic E-state index is 0.532. The van der Waals surface area contributed by atoms with E-state index in [1.165, 1.54) is 16.7 Å². The van der Waals surface area contributed by atoms with Crippen LogP contribution >= 0.6 is 0 Å². The average molecular weight is 524 g/mol. The Morgan fingerprint density at radius 3 is 2.51 bits per heavy atom. The molecule has 0 aliphatic carbocycles. The summed E-state index contributed by atoms with van der Waals surface area (Å²) in [7, 11) is 2.20. The van der Waals surface area contributed by atoms with Crippen LogP contribution in [0.4, 0.5) is 23.0 Å². The van der Waals surface area contributed by atoms with Crippen LogP contribution in [0, 0.1) is 20.8 Å². The zero-order valence-corrected chi connectivity index (χ0v) is 23.2. The smallest absolute Gasteiger partial charge is 0.227 e. The quantitative estimate of drug-likeness (QED) is 0.284. The number of pyridine rings is 1. The Morgan fingerprint density at radius 2 is 1.77 bits per heavy atom. The summed E-state index contributed by atoms with van der Waals surface area (Å²) in [5.41, 5.74) is 8.44. The molecule has 1 amide bonds. The van der Waals surface area contributed by atoms with E-state index in [4.69, 9.17) is 4.98 Å². The van der Waals surface area contributed by atoms with E-state index in [1.54, 1.807) is 0 Å². The van der Waals surface area contributed by atoms with Crippen LogP contribution in [0.15, 0.2) is 54.9 Å². The van der Waals surface area contributed by atoms with Gasteiger partial charge < -0.3 is 20.4 Å². The molecule has 2 N–H and O–H groups in total. The number of rotatable bonds is 9. The molecular formula is C31H37N7O. The molecule has 2 aromatic carbocycles. The number of carbonyl (C=O) groups excluding carboxylic acids is 1. The number of likely N-dealkylation sites (N-methyl/N-ethyl adjacent to an activating group) is 1. The van der Waals surface area contributed by atoms with E-state index in [0.29, 0.717) is 12.0 Å². The molecule has 1 saturated heterocycles. The molecule has 8 heteroatoms. The predicted molar refractivity (Wildman–Crippen MR) is 159 cm³/mol. The highest BCUT2D eigenvalue weighted by Gasteiger charge is 2.23. The molecule has 1 fully saturated rings. The number of hydrogen-bond acceptors (Lipinski definition) is 7. The van der Waals surface area contributed by atoms with Gasteiger partial charge in [0, 0.05) is 42.4 Å². The Balaban J connectivity index is 1.18. The summed E-state index contributed by atoms with van der Waals surface area (Å²) in [4.78, 5) is 29.8. The fourth-order valence-electron chi connectivity index (χ4n) is 5.57. The van der Waals surface area contributed by atoms with Crippen LogP contribution in [0.5, 0.6) is 0 Å². The van der Waals surface area contributed by atoms with Gasteiger partial charge in [0.25, 0.3) is 0 Å². The summed E-state index contributed by atoms with van der Waals surface area (Å²) in [6, 6.07) is 14.9. The number of aryl methyl sites for hydroxylation is 3. The van der Waals surface area contributed by atoms with Crippen molar-refractivity contribution in [3.05, 3.63) is 77.2 Å². The van der Waals surface area contributed by atoms with Gasteiger partial charge >= 0.3 is 0 Å². The molecule has 5 rings (SSSR count). The van der Waals surface area contributed by atoms with Crippen LogP contribution < -0.4 is 15.5 Å².